The van der Waals surface area contributed by atoms with Crippen molar-refractivity contribution in [1.29, 1.82) is 0 Å². The van der Waals surface area contributed by atoms with Crippen LogP contribution in [0.3, 0.4) is 0 Å². The lowest BCUT2D eigenvalue weighted by Gasteiger charge is -2.16. The molecule has 3 rings (SSSR count). The first-order chi connectivity index (χ1) is 12.0. The molecule has 2 amide bonds. The number of ether oxygens (including phenoxy) is 1. The Hall–Kier alpha value is -2.53. The van der Waals surface area contributed by atoms with Crippen LogP contribution in [0.5, 0.6) is 5.75 Å². The summed E-state index contributed by atoms with van der Waals surface area (Å²) in [6.45, 7) is 2.54. The zero-order chi connectivity index (χ0) is 17.8. The second-order valence-corrected chi connectivity index (χ2v) is 6.35. The summed E-state index contributed by atoms with van der Waals surface area (Å²) in [5.41, 5.74) is 2.41. The van der Waals surface area contributed by atoms with Gasteiger partial charge in [-0.25, -0.2) is 0 Å². The number of aryl methyl sites for hydroxylation is 1. The third-order valence-corrected chi connectivity index (χ3v) is 4.46. The Morgan fingerprint density at radius 1 is 1.24 bits per heavy atom. The smallest absolute Gasteiger partial charge is 0.262 e. The van der Waals surface area contributed by atoms with Crippen LogP contribution in [-0.4, -0.2) is 25.0 Å². The molecular weight excluding hydrogens is 340 g/mol. The van der Waals surface area contributed by atoms with Crippen LogP contribution in [0.25, 0.3) is 0 Å². The highest BCUT2D eigenvalue weighted by molar-refractivity contribution is 6.31. The van der Waals surface area contributed by atoms with E-state index >= 15 is 0 Å². The van der Waals surface area contributed by atoms with Crippen molar-refractivity contribution < 1.29 is 14.3 Å². The molecule has 1 N–H and O–H groups in total. The second kappa shape index (κ2) is 7.57. The zero-order valence-electron chi connectivity index (χ0n) is 13.9. The molecule has 0 saturated carbocycles. The average molecular weight is 359 g/mol. The van der Waals surface area contributed by atoms with E-state index in [1.54, 1.807) is 35.2 Å². The van der Waals surface area contributed by atoms with Crippen LogP contribution in [0.4, 0.5) is 11.4 Å². The Morgan fingerprint density at radius 3 is 2.64 bits per heavy atom. The molecule has 1 aliphatic rings. The number of hydrogen-bond acceptors (Lipinski definition) is 3. The minimum absolute atomic E-state index is 0.0898. The molecule has 2 aromatic carbocycles. The Bertz CT molecular complexity index is 790. The Kier molecular flexibility index (Phi) is 5.24. The van der Waals surface area contributed by atoms with E-state index in [0.717, 1.165) is 24.2 Å². The molecule has 6 heteroatoms. The van der Waals surface area contributed by atoms with Gasteiger partial charge in [0.2, 0.25) is 5.91 Å². The van der Waals surface area contributed by atoms with Gasteiger partial charge in [0.05, 0.1) is 0 Å². The van der Waals surface area contributed by atoms with Gasteiger partial charge in [0, 0.05) is 29.4 Å². The average Bonchev–Trinajstić information content (AvgIpc) is 3.03. The third kappa shape index (κ3) is 4.31. The maximum atomic E-state index is 12.0. The molecule has 130 valence electrons. The highest BCUT2D eigenvalue weighted by Crippen LogP contribution is 2.23. The number of anilines is 2. The van der Waals surface area contributed by atoms with Crippen molar-refractivity contribution in [3.05, 3.63) is 53.1 Å². The molecule has 2 aromatic rings. The molecular formula is C19H19ClN2O3. The molecule has 0 atom stereocenters. The molecule has 0 aromatic heterocycles. The second-order valence-electron chi connectivity index (χ2n) is 5.94. The van der Waals surface area contributed by atoms with Gasteiger partial charge in [-0.1, -0.05) is 11.6 Å². The van der Waals surface area contributed by atoms with Crippen LogP contribution in [-0.2, 0) is 9.59 Å². The summed E-state index contributed by atoms with van der Waals surface area (Å²) in [6, 6.07) is 12.5. The fourth-order valence-corrected chi connectivity index (χ4v) is 2.82. The SMILES string of the molecule is Cc1cc(OCC(=O)Nc2ccc(N3CCCC3=O)cc2)ccc1Cl. The van der Waals surface area contributed by atoms with Gasteiger partial charge in [0.1, 0.15) is 5.75 Å². The van der Waals surface area contributed by atoms with Crippen molar-refractivity contribution in [3.63, 3.8) is 0 Å². The van der Waals surface area contributed by atoms with E-state index in [-0.39, 0.29) is 18.4 Å². The summed E-state index contributed by atoms with van der Waals surface area (Å²) in [4.78, 5) is 25.5. The number of nitrogens with one attached hydrogen (secondary N) is 1. The lowest BCUT2D eigenvalue weighted by molar-refractivity contribution is -0.118. The van der Waals surface area contributed by atoms with E-state index < -0.39 is 0 Å². The van der Waals surface area contributed by atoms with Gasteiger partial charge in [-0.15, -0.1) is 0 Å². The van der Waals surface area contributed by atoms with Crippen LogP contribution in [0.2, 0.25) is 5.02 Å². The number of nitrogens with zero attached hydrogens (tertiary/aromatic N) is 1. The fraction of sp³-hybridized carbons (Fsp3) is 0.263. The minimum atomic E-state index is -0.252. The quantitative estimate of drug-likeness (QED) is 0.884. The zero-order valence-corrected chi connectivity index (χ0v) is 14.7. The molecule has 0 radical (unpaired) electrons. The van der Waals surface area contributed by atoms with E-state index in [4.69, 9.17) is 16.3 Å². The Balaban J connectivity index is 1.54. The predicted octanol–water partition coefficient (Wildman–Crippen LogP) is 3.79. The van der Waals surface area contributed by atoms with Crippen LogP contribution >= 0.6 is 11.6 Å². The van der Waals surface area contributed by atoms with E-state index in [0.29, 0.717) is 22.9 Å². The van der Waals surface area contributed by atoms with E-state index in [1.165, 1.54) is 0 Å². The van der Waals surface area contributed by atoms with E-state index in [9.17, 15) is 9.59 Å². The van der Waals surface area contributed by atoms with Gasteiger partial charge in [-0.3, -0.25) is 9.59 Å². The van der Waals surface area contributed by atoms with Crippen LogP contribution in [0.15, 0.2) is 42.5 Å². The van der Waals surface area contributed by atoms with Crippen molar-refractivity contribution in [1.82, 2.24) is 0 Å². The third-order valence-electron chi connectivity index (χ3n) is 4.04. The molecule has 5 nitrogen and oxygen atoms in total. The molecule has 0 aliphatic carbocycles. The molecule has 1 fully saturated rings. The first kappa shape index (κ1) is 17.3. The molecule has 0 spiro atoms. The fourth-order valence-electron chi connectivity index (χ4n) is 2.70. The summed E-state index contributed by atoms with van der Waals surface area (Å²) < 4.78 is 5.47. The van der Waals surface area contributed by atoms with Crippen molar-refractivity contribution in [3.8, 4) is 5.75 Å². The summed E-state index contributed by atoms with van der Waals surface area (Å²) in [6.07, 6.45) is 1.48. The molecule has 1 heterocycles. The van der Waals surface area contributed by atoms with E-state index in [2.05, 4.69) is 5.32 Å². The standard InChI is InChI=1S/C19H19ClN2O3/c1-13-11-16(8-9-17(13)20)25-12-18(23)21-14-4-6-15(7-5-14)22-10-2-3-19(22)24/h4-9,11H,2-3,10,12H2,1H3,(H,21,23). The van der Waals surface area contributed by atoms with Crippen molar-refractivity contribution >= 4 is 34.8 Å². The number of carbonyl (C=O) groups is 2. The highest BCUT2D eigenvalue weighted by Gasteiger charge is 2.21. The Morgan fingerprint density at radius 2 is 2.00 bits per heavy atom. The molecule has 1 aliphatic heterocycles. The molecule has 0 bridgehead atoms. The maximum absolute atomic E-state index is 12.0. The van der Waals surface area contributed by atoms with Crippen molar-refractivity contribution in [2.24, 2.45) is 0 Å². The molecule has 0 unspecified atom stereocenters. The van der Waals surface area contributed by atoms with Gasteiger partial charge in [-0.05, 0) is 61.4 Å². The van der Waals surface area contributed by atoms with Crippen molar-refractivity contribution in [2.75, 3.05) is 23.4 Å². The van der Waals surface area contributed by atoms with Gasteiger partial charge >= 0.3 is 0 Å². The number of carbonyl (C=O) groups excluding carboxylic acids is 2. The number of hydrogen-bond donors (Lipinski definition) is 1. The van der Waals surface area contributed by atoms with Gasteiger partial charge in [0.25, 0.3) is 5.91 Å². The van der Waals surface area contributed by atoms with Crippen LogP contribution < -0.4 is 15.0 Å². The van der Waals surface area contributed by atoms with Crippen molar-refractivity contribution in [2.45, 2.75) is 19.8 Å². The van der Waals surface area contributed by atoms with Gasteiger partial charge in [0.15, 0.2) is 6.61 Å². The van der Waals surface area contributed by atoms with Gasteiger partial charge < -0.3 is 15.0 Å². The van der Waals surface area contributed by atoms with Crippen LogP contribution in [0, 0.1) is 6.92 Å². The van der Waals surface area contributed by atoms with E-state index in [1.807, 2.05) is 19.1 Å². The summed E-state index contributed by atoms with van der Waals surface area (Å²) in [5.74, 6) is 0.487. The lowest BCUT2D eigenvalue weighted by Crippen LogP contribution is -2.23. The number of rotatable bonds is 5. The summed E-state index contributed by atoms with van der Waals surface area (Å²) in [7, 11) is 0. The summed E-state index contributed by atoms with van der Waals surface area (Å²) in [5, 5.41) is 3.43. The lowest BCUT2D eigenvalue weighted by atomic mass is 10.2. The monoisotopic (exact) mass is 358 g/mol. The first-order valence-corrected chi connectivity index (χ1v) is 8.50. The Labute approximate surface area is 151 Å². The van der Waals surface area contributed by atoms with Gasteiger partial charge in [-0.2, -0.15) is 0 Å². The predicted molar refractivity (Wildman–Crippen MR) is 98.3 cm³/mol. The minimum Gasteiger partial charge on any atom is -0.484 e. The molecule has 25 heavy (non-hydrogen) atoms. The normalized spacial score (nSPS) is 13.8. The topological polar surface area (TPSA) is 58.6 Å². The number of amides is 2. The molecule has 1 saturated heterocycles. The maximum Gasteiger partial charge on any atom is 0.262 e. The van der Waals surface area contributed by atoms with Crippen LogP contribution in [0.1, 0.15) is 18.4 Å². The number of halogens is 1. The number of benzene rings is 2. The largest absolute Gasteiger partial charge is 0.484 e. The highest BCUT2D eigenvalue weighted by atomic mass is 35.5. The first-order valence-electron chi connectivity index (χ1n) is 8.12. The summed E-state index contributed by atoms with van der Waals surface area (Å²) >= 11 is 5.96.